The van der Waals surface area contributed by atoms with E-state index in [4.69, 9.17) is 5.11 Å². The zero-order valence-electron chi connectivity index (χ0n) is 12.5. The maximum absolute atomic E-state index is 12.7. The van der Waals surface area contributed by atoms with Gasteiger partial charge < -0.3 is 10.0 Å². The zero-order valence-corrected chi connectivity index (χ0v) is 15.7. The summed E-state index contributed by atoms with van der Waals surface area (Å²) in [6, 6.07) is 7.65. The molecule has 3 aromatic rings. The SMILES string of the molecule is Cc1nc(Br)sc1C(=O)N(CC(=O)O)Cc1nc2ccccc2s1. The number of benzene rings is 1. The molecule has 0 radical (unpaired) electrons. The fourth-order valence-electron chi connectivity index (χ4n) is 2.22. The number of carbonyl (C=O) groups is 2. The van der Waals surface area contributed by atoms with Gasteiger partial charge in [0.05, 0.1) is 22.5 Å². The zero-order chi connectivity index (χ0) is 17.3. The Kier molecular flexibility index (Phi) is 4.93. The Morgan fingerprint density at radius 1 is 1.25 bits per heavy atom. The van der Waals surface area contributed by atoms with Crippen LogP contribution in [0.4, 0.5) is 0 Å². The van der Waals surface area contributed by atoms with Gasteiger partial charge in [-0.05, 0) is 35.0 Å². The van der Waals surface area contributed by atoms with Crippen molar-refractivity contribution in [2.75, 3.05) is 6.54 Å². The van der Waals surface area contributed by atoms with Crippen LogP contribution in [-0.4, -0.2) is 38.4 Å². The van der Waals surface area contributed by atoms with Crippen molar-refractivity contribution >= 4 is 60.7 Å². The maximum Gasteiger partial charge on any atom is 0.323 e. The molecule has 0 saturated heterocycles. The van der Waals surface area contributed by atoms with E-state index in [0.29, 0.717) is 19.5 Å². The number of rotatable bonds is 5. The normalized spacial score (nSPS) is 10.9. The molecule has 6 nitrogen and oxygen atoms in total. The van der Waals surface area contributed by atoms with Crippen LogP contribution < -0.4 is 0 Å². The lowest BCUT2D eigenvalue weighted by Crippen LogP contribution is -2.35. The second kappa shape index (κ2) is 6.96. The van der Waals surface area contributed by atoms with Crippen molar-refractivity contribution in [1.29, 1.82) is 0 Å². The third-order valence-corrected chi connectivity index (χ3v) is 5.86. The molecule has 2 aromatic heterocycles. The van der Waals surface area contributed by atoms with Gasteiger partial charge in [-0.1, -0.05) is 12.1 Å². The van der Waals surface area contributed by atoms with Crippen molar-refractivity contribution in [2.24, 2.45) is 0 Å². The standard InChI is InChI=1S/C15H12BrN3O3S2/c1-8-13(24-15(16)17-8)14(22)19(7-12(20)21)6-11-18-9-4-2-3-5-10(9)23-11/h2-5H,6-7H2,1H3,(H,20,21). The fourth-order valence-corrected chi connectivity index (χ4v) is 4.71. The Labute approximate surface area is 153 Å². The van der Waals surface area contributed by atoms with Crippen molar-refractivity contribution in [2.45, 2.75) is 13.5 Å². The minimum Gasteiger partial charge on any atom is -0.480 e. The van der Waals surface area contributed by atoms with Gasteiger partial charge in [-0.15, -0.1) is 22.7 Å². The first-order chi connectivity index (χ1) is 11.4. The van der Waals surface area contributed by atoms with Crippen LogP contribution in [0.1, 0.15) is 20.4 Å². The number of carboxylic acid groups (broad SMARTS) is 1. The van der Waals surface area contributed by atoms with Crippen molar-refractivity contribution in [3.63, 3.8) is 0 Å². The number of carboxylic acids is 1. The van der Waals surface area contributed by atoms with Gasteiger partial charge in [-0.3, -0.25) is 9.59 Å². The minimum absolute atomic E-state index is 0.152. The number of hydrogen-bond donors (Lipinski definition) is 1. The largest absolute Gasteiger partial charge is 0.480 e. The van der Waals surface area contributed by atoms with E-state index >= 15 is 0 Å². The van der Waals surface area contributed by atoms with Gasteiger partial charge in [0.1, 0.15) is 16.4 Å². The number of nitrogens with zero attached hydrogens (tertiary/aromatic N) is 3. The molecule has 1 aromatic carbocycles. The smallest absolute Gasteiger partial charge is 0.323 e. The number of fused-ring (bicyclic) bond motifs is 1. The Bertz CT molecular complexity index is 889. The third-order valence-electron chi connectivity index (χ3n) is 3.24. The van der Waals surface area contributed by atoms with Gasteiger partial charge in [0.2, 0.25) is 0 Å². The van der Waals surface area contributed by atoms with Crippen LogP contribution in [0.3, 0.4) is 0 Å². The number of para-hydroxylation sites is 1. The van der Waals surface area contributed by atoms with Crippen molar-refractivity contribution < 1.29 is 14.7 Å². The Hall–Kier alpha value is -1.84. The second-order valence-electron chi connectivity index (χ2n) is 5.01. The Morgan fingerprint density at radius 3 is 2.62 bits per heavy atom. The van der Waals surface area contributed by atoms with Crippen molar-refractivity contribution in [3.8, 4) is 0 Å². The van der Waals surface area contributed by atoms with E-state index in [1.807, 2.05) is 24.3 Å². The molecule has 24 heavy (non-hydrogen) atoms. The van der Waals surface area contributed by atoms with Crippen LogP contribution in [0.25, 0.3) is 10.2 Å². The molecular weight excluding hydrogens is 414 g/mol. The van der Waals surface area contributed by atoms with E-state index in [-0.39, 0.29) is 19.0 Å². The topological polar surface area (TPSA) is 83.4 Å². The van der Waals surface area contributed by atoms with Gasteiger partial charge in [-0.25, -0.2) is 9.97 Å². The summed E-state index contributed by atoms with van der Waals surface area (Å²) >= 11 is 5.90. The Morgan fingerprint density at radius 2 is 2.00 bits per heavy atom. The van der Waals surface area contributed by atoms with Gasteiger partial charge in [0.15, 0.2) is 3.92 Å². The van der Waals surface area contributed by atoms with E-state index in [1.54, 1.807) is 6.92 Å². The molecule has 0 spiro atoms. The molecule has 0 fully saturated rings. The number of amides is 1. The summed E-state index contributed by atoms with van der Waals surface area (Å²) in [5.41, 5.74) is 1.42. The summed E-state index contributed by atoms with van der Waals surface area (Å²) in [7, 11) is 0. The summed E-state index contributed by atoms with van der Waals surface area (Å²) in [6.45, 7) is 1.49. The molecule has 1 amide bonds. The molecule has 0 unspecified atom stereocenters. The van der Waals surface area contributed by atoms with Crippen LogP contribution in [-0.2, 0) is 11.3 Å². The van der Waals surface area contributed by atoms with E-state index in [1.165, 1.54) is 27.6 Å². The number of carbonyl (C=O) groups excluding carboxylic acids is 1. The highest BCUT2D eigenvalue weighted by Crippen LogP contribution is 2.26. The van der Waals surface area contributed by atoms with Gasteiger partial charge in [0, 0.05) is 0 Å². The summed E-state index contributed by atoms with van der Waals surface area (Å²) in [4.78, 5) is 34.2. The molecule has 2 heterocycles. The molecular formula is C15H12BrN3O3S2. The molecule has 0 atom stereocenters. The average Bonchev–Trinajstić information content (AvgIpc) is 3.07. The molecule has 0 aliphatic carbocycles. The molecule has 9 heteroatoms. The lowest BCUT2D eigenvalue weighted by Gasteiger charge is -2.18. The maximum atomic E-state index is 12.7. The molecule has 0 aliphatic rings. The van der Waals surface area contributed by atoms with Crippen molar-refractivity contribution in [3.05, 3.63) is 43.8 Å². The predicted molar refractivity (Wildman–Crippen MR) is 96.5 cm³/mol. The number of thiazole rings is 2. The number of aliphatic carboxylic acids is 1. The summed E-state index contributed by atoms with van der Waals surface area (Å²) < 4.78 is 1.60. The minimum atomic E-state index is -1.06. The molecule has 0 saturated carbocycles. The average molecular weight is 426 g/mol. The molecule has 1 N–H and O–H groups in total. The Balaban J connectivity index is 1.89. The third kappa shape index (κ3) is 3.63. The van der Waals surface area contributed by atoms with E-state index in [0.717, 1.165) is 10.2 Å². The first kappa shape index (κ1) is 17.0. The van der Waals surface area contributed by atoms with Crippen LogP contribution in [0.15, 0.2) is 28.2 Å². The van der Waals surface area contributed by atoms with Crippen LogP contribution in [0, 0.1) is 6.92 Å². The first-order valence-electron chi connectivity index (χ1n) is 6.92. The monoisotopic (exact) mass is 425 g/mol. The molecule has 0 bridgehead atoms. The highest BCUT2D eigenvalue weighted by atomic mass is 79.9. The predicted octanol–water partition coefficient (Wildman–Crippen LogP) is 3.55. The fraction of sp³-hybridized carbons (Fsp3) is 0.200. The van der Waals surface area contributed by atoms with Gasteiger partial charge in [0.25, 0.3) is 5.91 Å². The lowest BCUT2D eigenvalue weighted by molar-refractivity contribution is -0.137. The lowest BCUT2D eigenvalue weighted by atomic mass is 10.3. The second-order valence-corrected chi connectivity index (χ2v) is 8.40. The van der Waals surface area contributed by atoms with Crippen LogP contribution in [0.5, 0.6) is 0 Å². The highest BCUT2D eigenvalue weighted by Gasteiger charge is 2.24. The van der Waals surface area contributed by atoms with E-state index < -0.39 is 5.97 Å². The van der Waals surface area contributed by atoms with Gasteiger partial charge in [-0.2, -0.15) is 0 Å². The summed E-state index contributed by atoms with van der Waals surface area (Å²) in [5, 5.41) is 9.84. The molecule has 3 rings (SSSR count). The number of aryl methyl sites for hydroxylation is 1. The van der Waals surface area contributed by atoms with E-state index in [9.17, 15) is 9.59 Å². The summed E-state index contributed by atoms with van der Waals surface area (Å²) in [5.74, 6) is -1.41. The van der Waals surface area contributed by atoms with Gasteiger partial charge >= 0.3 is 5.97 Å². The molecule has 124 valence electrons. The first-order valence-corrected chi connectivity index (χ1v) is 9.35. The quantitative estimate of drug-likeness (QED) is 0.675. The van der Waals surface area contributed by atoms with Crippen molar-refractivity contribution in [1.82, 2.24) is 14.9 Å². The van der Waals surface area contributed by atoms with Crippen LogP contribution in [0.2, 0.25) is 0 Å². The van der Waals surface area contributed by atoms with Crippen LogP contribution >= 0.6 is 38.6 Å². The highest BCUT2D eigenvalue weighted by molar-refractivity contribution is 9.11. The number of hydrogen-bond acceptors (Lipinski definition) is 6. The molecule has 0 aliphatic heterocycles. The number of aromatic nitrogens is 2. The number of halogens is 1. The summed E-state index contributed by atoms with van der Waals surface area (Å²) in [6.07, 6.45) is 0. The van der Waals surface area contributed by atoms with E-state index in [2.05, 4.69) is 25.9 Å².